The van der Waals surface area contributed by atoms with Crippen LogP contribution in [0.2, 0.25) is 0 Å². The number of allylic oxidation sites excluding steroid dienone is 13. The number of rotatable bonds is 3. The van der Waals surface area contributed by atoms with Crippen molar-refractivity contribution < 1.29 is 15.0 Å². The number of aliphatic hydroxyl groups excluding tert-OH is 2. The molecule has 0 fully saturated rings. The van der Waals surface area contributed by atoms with Crippen molar-refractivity contribution in [2.75, 3.05) is 0 Å². The first kappa shape index (κ1) is 26.1. The molecule has 1 amide bonds. The molecule has 3 N–H and O–H groups in total. The SMILES string of the molecule is C/C=C/C=C/C[C@@H]1C\C=C/C=C(C)\C=C/C=C\[C@@H](O)[C@@H](O)\C=C(C)/C=C\C=C/C(=O)N1. The minimum Gasteiger partial charge on any atom is -0.386 e. The predicted octanol–water partition coefficient (Wildman–Crippen LogP) is 4.79. The van der Waals surface area contributed by atoms with E-state index in [1.165, 1.54) is 6.08 Å². The summed E-state index contributed by atoms with van der Waals surface area (Å²) in [7, 11) is 0. The maximum Gasteiger partial charge on any atom is 0.244 e. The second kappa shape index (κ2) is 15.8. The molecule has 3 atom stereocenters. The van der Waals surface area contributed by atoms with E-state index in [-0.39, 0.29) is 11.9 Å². The largest absolute Gasteiger partial charge is 0.386 e. The lowest BCUT2D eigenvalue weighted by atomic mass is 10.1. The van der Waals surface area contributed by atoms with Gasteiger partial charge in [-0.1, -0.05) is 102 Å². The number of aliphatic hydroxyl groups is 2. The fraction of sp³-hybridized carbons (Fsp3) is 0.296. The summed E-state index contributed by atoms with van der Waals surface area (Å²) in [4.78, 5) is 12.3. The third kappa shape index (κ3) is 13.1. The third-order valence-electron chi connectivity index (χ3n) is 4.40. The summed E-state index contributed by atoms with van der Waals surface area (Å²) in [5, 5.41) is 23.2. The van der Waals surface area contributed by atoms with Gasteiger partial charge in [0.15, 0.2) is 0 Å². The van der Waals surface area contributed by atoms with Crippen LogP contribution in [0, 0.1) is 0 Å². The Labute approximate surface area is 186 Å². The summed E-state index contributed by atoms with van der Waals surface area (Å²) in [6, 6.07) is -0.00469. The van der Waals surface area contributed by atoms with E-state index >= 15 is 0 Å². The molecule has 1 heterocycles. The van der Waals surface area contributed by atoms with Crippen molar-refractivity contribution in [3.05, 3.63) is 108 Å². The highest BCUT2D eigenvalue weighted by Crippen LogP contribution is 2.06. The van der Waals surface area contributed by atoms with E-state index in [0.717, 1.165) is 24.0 Å². The van der Waals surface area contributed by atoms with Crippen molar-refractivity contribution >= 4 is 5.91 Å². The van der Waals surface area contributed by atoms with E-state index < -0.39 is 12.2 Å². The van der Waals surface area contributed by atoms with Crippen LogP contribution in [0.1, 0.15) is 33.6 Å². The highest BCUT2D eigenvalue weighted by Gasteiger charge is 2.09. The van der Waals surface area contributed by atoms with Crippen LogP contribution in [0.25, 0.3) is 0 Å². The monoisotopic (exact) mass is 421 g/mol. The Morgan fingerprint density at radius 3 is 2.45 bits per heavy atom. The van der Waals surface area contributed by atoms with Crippen molar-refractivity contribution in [2.45, 2.75) is 51.9 Å². The lowest BCUT2D eigenvalue weighted by Crippen LogP contribution is -2.32. The molecule has 4 heteroatoms. The van der Waals surface area contributed by atoms with Gasteiger partial charge in [0.2, 0.25) is 5.91 Å². The minimum absolute atomic E-state index is 0.00469. The van der Waals surface area contributed by atoms with Crippen LogP contribution in [-0.4, -0.2) is 34.4 Å². The topological polar surface area (TPSA) is 69.6 Å². The number of carbonyl (C=O) groups excluding carboxylic acids is 1. The fourth-order valence-corrected chi connectivity index (χ4v) is 2.69. The Kier molecular flexibility index (Phi) is 13.3. The minimum atomic E-state index is -1.01. The molecule has 0 aromatic carbocycles. The van der Waals surface area contributed by atoms with E-state index in [4.69, 9.17) is 0 Å². The first-order valence-corrected chi connectivity index (χ1v) is 10.6. The van der Waals surface area contributed by atoms with Gasteiger partial charge in [0, 0.05) is 12.1 Å². The summed E-state index contributed by atoms with van der Waals surface area (Å²) in [6.45, 7) is 5.77. The van der Waals surface area contributed by atoms with Gasteiger partial charge in [0.25, 0.3) is 0 Å². The van der Waals surface area contributed by atoms with Crippen molar-refractivity contribution in [1.29, 1.82) is 0 Å². The van der Waals surface area contributed by atoms with E-state index in [9.17, 15) is 15.0 Å². The van der Waals surface area contributed by atoms with Gasteiger partial charge in [-0.2, -0.15) is 0 Å². The molecular formula is C27H35NO3. The summed E-state index contributed by atoms with van der Waals surface area (Å²) >= 11 is 0. The van der Waals surface area contributed by atoms with Crippen molar-refractivity contribution in [2.24, 2.45) is 0 Å². The maximum atomic E-state index is 12.3. The zero-order valence-electron chi connectivity index (χ0n) is 18.7. The van der Waals surface area contributed by atoms with Gasteiger partial charge in [0.05, 0.1) is 0 Å². The van der Waals surface area contributed by atoms with Gasteiger partial charge >= 0.3 is 0 Å². The molecule has 166 valence electrons. The zero-order chi connectivity index (χ0) is 22.9. The molecule has 0 saturated heterocycles. The lowest BCUT2D eigenvalue weighted by Gasteiger charge is -2.14. The molecule has 31 heavy (non-hydrogen) atoms. The average Bonchev–Trinajstić information content (AvgIpc) is 2.73. The molecule has 1 aliphatic heterocycles. The molecule has 0 aromatic heterocycles. The van der Waals surface area contributed by atoms with Crippen LogP contribution in [0.15, 0.2) is 108 Å². The van der Waals surface area contributed by atoms with Gasteiger partial charge in [-0.25, -0.2) is 0 Å². The molecule has 1 aliphatic rings. The fourth-order valence-electron chi connectivity index (χ4n) is 2.69. The highest BCUT2D eigenvalue weighted by atomic mass is 16.3. The maximum absolute atomic E-state index is 12.3. The van der Waals surface area contributed by atoms with Crippen molar-refractivity contribution in [1.82, 2.24) is 5.32 Å². The van der Waals surface area contributed by atoms with Gasteiger partial charge in [-0.05, 0) is 33.6 Å². The van der Waals surface area contributed by atoms with E-state index in [1.807, 2.05) is 75.5 Å². The Balaban J connectivity index is 3.04. The molecule has 0 bridgehead atoms. The average molecular weight is 422 g/mol. The van der Waals surface area contributed by atoms with Gasteiger partial charge in [0.1, 0.15) is 12.2 Å². The number of carbonyl (C=O) groups is 1. The second-order valence-corrected chi connectivity index (χ2v) is 7.32. The van der Waals surface area contributed by atoms with Crippen LogP contribution in [0.3, 0.4) is 0 Å². The molecule has 1 rings (SSSR count). The Morgan fingerprint density at radius 2 is 1.68 bits per heavy atom. The zero-order valence-corrected chi connectivity index (χ0v) is 18.7. The molecule has 4 nitrogen and oxygen atoms in total. The summed E-state index contributed by atoms with van der Waals surface area (Å²) in [5.74, 6) is -0.159. The molecule has 0 aromatic rings. The summed E-state index contributed by atoms with van der Waals surface area (Å²) in [5.41, 5.74) is 1.83. The van der Waals surface area contributed by atoms with Crippen molar-refractivity contribution in [3.63, 3.8) is 0 Å². The summed E-state index contributed by atoms with van der Waals surface area (Å²) in [6.07, 6.45) is 28.6. The standard InChI is InChI=1S/C27H35NO3/c1-4-5-6-7-17-24-18-11-8-14-22(2)15-9-12-19-25(29)26(30)21-23(3)16-10-13-20-27(31)28-24/h4-16,19-21,24-26,29-30H,17-18H2,1-3H3,(H,28,31)/b5-4+,7-6+,11-8-,15-9-,16-10-,19-12-,20-13-,22-14-,23-21-/t24-,25-,26+/m1/s1. The third-order valence-corrected chi connectivity index (χ3v) is 4.40. The lowest BCUT2D eigenvalue weighted by molar-refractivity contribution is -0.117. The molecule has 0 saturated carbocycles. The van der Waals surface area contributed by atoms with Crippen LogP contribution < -0.4 is 5.32 Å². The Morgan fingerprint density at radius 1 is 0.968 bits per heavy atom. The molecule has 0 spiro atoms. The van der Waals surface area contributed by atoms with Gasteiger partial charge in [-0.3, -0.25) is 4.79 Å². The van der Waals surface area contributed by atoms with Crippen LogP contribution >= 0.6 is 0 Å². The molecular weight excluding hydrogens is 386 g/mol. The molecule has 0 radical (unpaired) electrons. The molecule has 0 aliphatic carbocycles. The highest BCUT2D eigenvalue weighted by molar-refractivity contribution is 5.88. The van der Waals surface area contributed by atoms with E-state index in [2.05, 4.69) is 5.32 Å². The van der Waals surface area contributed by atoms with Crippen LogP contribution in [0.4, 0.5) is 0 Å². The Hall–Kier alpha value is -2.95. The quantitative estimate of drug-likeness (QED) is 0.574. The van der Waals surface area contributed by atoms with Crippen LogP contribution in [-0.2, 0) is 4.79 Å². The molecule has 0 unspecified atom stereocenters. The normalized spacial score (nSPS) is 32.9. The second-order valence-electron chi connectivity index (χ2n) is 7.32. The van der Waals surface area contributed by atoms with E-state index in [1.54, 1.807) is 36.5 Å². The van der Waals surface area contributed by atoms with Gasteiger partial charge < -0.3 is 15.5 Å². The Bertz CT molecular complexity index is 819. The van der Waals surface area contributed by atoms with Crippen molar-refractivity contribution in [3.8, 4) is 0 Å². The van der Waals surface area contributed by atoms with Crippen LogP contribution in [0.5, 0.6) is 0 Å². The first-order valence-electron chi connectivity index (χ1n) is 10.6. The summed E-state index contributed by atoms with van der Waals surface area (Å²) < 4.78 is 0. The number of hydrogen-bond acceptors (Lipinski definition) is 3. The smallest absolute Gasteiger partial charge is 0.244 e. The predicted molar refractivity (Wildman–Crippen MR) is 130 cm³/mol. The number of nitrogens with one attached hydrogen (secondary N) is 1. The van der Waals surface area contributed by atoms with E-state index in [0.29, 0.717) is 0 Å². The number of hydrogen-bond donors (Lipinski definition) is 3. The first-order chi connectivity index (χ1) is 14.9. The number of amides is 1. The van der Waals surface area contributed by atoms with Gasteiger partial charge in [-0.15, -0.1) is 0 Å².